The Labute approximate surface area is 246 Å². The number of hydrogen-bond donors (Lipinski definition) is 2. The van der Waals surface area contributed by atoms with Crippen molar-refractivity contribution in [2.24, 2.45) is 5.92 Å². The molecule has 2 atom stereocenters. The summed E-state index contributed by atoms with van der Waals surface area (Å²) in [5, 5.41) is 15.7. The van der Waals surface area contributed by atoms with Gasteiger partial charge in [0.15, 0.2) is 0 Å². The number of likely N-dealkylation sites (tertiary alicyclic amines) is 1. The molecule has 2 fully saturated rings. The molecule has 2 aliphatic rings. The largest absolute Gasteiger partial charge is 0.371 e. The van der Waals surface area contributed by atoms with Gasteiger partial charge in [0.05, 0.1) is 5.69 Å². The molecule has 0 bridgehead atoms. The Morgan fingerprint density at radius 3 is 2.45 bits per heavy atom. The van der Waals surface area contributed by atoms with Crippen LogP contribution in [0.3, 0.4) is 0 Å². The maximum Gasteiger partial charge on any atom is 0.245 e. The highest BCUT2D eigenvalue weighted by Crippen LogP contribution is 2.36. The maximum atomic E-state index is 15.4. The molecule has 2 heterocycles. The second-order valence-electron chi connectivity index (χ2n) is 11.1. The number of hydrogen-bond acceptors (Lipinski definition) is 5. The van der Waals surface area contributed by atoms with Crippen molar-refractivity contribution in [3.63, 3.8) is 0 Å². The first-order valence-corrected chi connectivity index (χ1v) is 14.8. The lowest BCUT2D eigenvalue weighted by molar-refractivity contribution is -0.143. The van der Waals surface area contributed by atoms with E-state index in [1.807, 2.05) is 25.7 Å². The summed E-state index contributed by atoms with van der Waals surface area (Å²) in [6.07, 6.45) is 1.86. The average molecular weight is 594 g/mol. The molecule has 2 aromatic rings. The first kappa shape index (κ1) is 30.6. The zero-order valence-corrected chi connectivity index (χ0v) is 24.9. The van der Waals surface area contributed by atoms with Crippen molar-refractivity contribution in [1.29, 1.82) is 0 Å². The molecule has 40 heavy (non-hydrogen) atoms. The van der Waals surface area contributed by atoms with Crippen molar-refractivity contribution in [2.45, 2.75) is 58.2 Å². The third kappa shape index (κ3) is 6.73. The third-order valence-electron chi connectivity index (χ3n) is 7.71. The van der Waals surface area contributed by atoms with Crippen LogP contribution in [-0.4, -0.2) is 72.0 Å². The molecule has 218 valence electrons. The number of carbonyl (C=O) groups is 2. The number of para-hydroxylation sites is 1. The van der Waals surface area contributed by atoms with Crippen molar-refractivity contribution in [1.82, 2.24) is 15.1 Å². The van der Waals surface area contributed by atoms with Crippen LogP contribution in [0.25, 0.3) is 0 Å². The Morgan fingerprint density at radius 2 is 1.85 bits per heavy atom. The van der Waals surface area contributed by atoms with Crippen LogP contribution in [0.5, 0.6) is 0 Å². The van der Waals surface area contributed by atoms with Crippen LogP contribution in [0, 0.1) is 11.7 Å². The molecule has 0 radical (unpaired) electrons. The number of anilines is 1. The molecule has 2 saturated heterocycles. The molecule has 2 amide bonds. The average Bonchev–Trinajstić information content (AvgIpc) is 3.33. The molecule has 2 aliphatic heterocycles. The highest BCUT2D eigenvalue weighted by Gasteiger charge is 2.39. The summed E-state index contributed by atoms with van der Waals surface area (Å²) in [7, 11) is 0. The molecule has 0 spiro atoms. The van der Waals surface area contributed by atoms with Crippen molar-refractivity contribution in [3.8, 4) is 0 Å². The van der Waals surface area contributed by atoms with Gasteiger partial charge in [0.2, 0.25) is 11.8 Å². The van der Waals surface area contributed by atoms with E-state index in [-0.39, 0.29) is 17.7 Å². The first-order valence-electron chi connectivity index (χ1n) is 14.1. The van der Waals surface area contributed by atoms with Gasteiger partial charge in [0.25, 0.3) is 0 Å². The Balaban J connectivity index is 1.55. The molecule has 0 aliphatic carbocycles. The number of nitrogens with zero attached hydrogens (tertiary/aromatic N) is 3. The number of piperazine rings is 1. The van der Waals surface area contributed by atoms with Gasteiger partial charge in [-0.2, -0.15) is 0 Å². The lowest BCUT2D eigenvalue weighted by Crippen LogP contribution is -2.56. The number of carbonyl (C=O) groups excluding carboxylic acids is 2. The predicted octanol–water partition coefficient (Wildman–Crippen LogP) is 4.82. The van der Waals surface area contributed by atoms with Crippen LogP contribution in [0.15, 0.2) is 36.4 Å². The summed E-state index contributed by atoms with van der Waals surface area (Å²) in [4.78, 5) is 31.9. The molecule has 0 saturated carbocycles. The van der Waals surface area contributed by atoms with Crippen LogP contribution in [0.2, 0.25) is 10.0 Å². The molecule has 2 unspecified atom stereocenters. The highest BCUT2D eigenvalue weighted by atomic mass is 35.5. The van der Waals surface area contributed by atoms with Crippen LogP contribution < -0.4 is 10.2 Å². The summed E-state index contributed by atoms with van der Waals surface area (Å²) >= 11 is 12.5. The first-order chi connectivity index (χ1) is 19.0. The fourth-order valence-electron chi connectivity index (χ4n) is 5.92. The number of halogens is 3. The Kier molecular flexibility index (Phi) is 9.98. The smallest absolute Gasteiger partial charge is 0.245 e. The number of benzene rings is 2. The Morgan fingerprint density at radius 1 is 1.12 bits per heavy atom. The van der Waals surface area contributed by atoms with Crippen molar-refractivity contribution in [2.75, 3.05) is 44.2 Å². The van der Waals surface area contributed by atoms with E-state index in [1.54, 1.807) is 40.1 Å². The van der Waals surface area contributed by atoms with Gasteiger partial charge in [-0.25, -0.2) is 4.39 Å². The highest BCUT2D eigenvalue weighted by molar-refractivity contribution is 6.35. The van der Waals surface area contributed by atoms with Crippen molar-refractivity contribution >= 4 is 40.7 Å². The van der Waals surface area contributed by atoms with E-state index >= 15 is 4.39 Å². The van der Waals surface area contributed by atoms with E-state index in [1.165, 1.54) is 6.07 Å². The molecule has 10 heteroatoms. The van der Waals surface area contributed by atoms with E-state index in [2.05, 4.69) is 5.32 Å². The summed E-state index contributed by atoms with van der Waals surface area (Å²) in [6.45, 7) is 8.51. The number of aliphatic hydroxyl groups is 1. The third-order valence-corrected chi connectivity index (χ3v) is 8.30. The summed E-state index contributed by atoms with van der Waals surface area (Å²) in [6, 6.07) is 9.30. The fourth-order valence-corrected chi connectivity index (χ4v) is 6.40. The quantitative estimate of drug-likeness (QED) is 0.387. The second kappa shape index (κ2) is 13.1. The Hall–Kier alpha value is -2.39. The van der Waals surface area contributed by atoms with Crippen LogP contribution in [0.4, 0.5) is 10.1 Å². The van der Waals surface area contributed by atoms with Gasteiger partial charge in [-0.15, -0.1) is 0 Å². The van der Waals surface area contributed by atoms with Gasteiger partial charge in [0, 0.05) is 61.2 Å². The SMILES string of the molecule is CCNC(O)(CC(C)C)c1cccc(F)c1N1CCN(C(=O)C(Cc2ccc(Cl)cc2Cl)N2CCCC2=O)CC1. The minimum atomic E-state index is -1.38. The minimum absolute atomic E-state index is 0.0362. The topological polar surface area (TPSA) is 76.1 Å². The fraction of sp³-hybridized carbons (Fsp3) is 0.533. The van der Waals surface area contributed by atoms with Gasteiger partial charge < -0.3 is 19.8 Å². The summed E-state index contributed by atoms with van der Waals surface area (Å²) in [5.41, 5.74) is 0.233. The van der Waals surface area contributed by atoms with Gasteiger partial charge in [-0.05, 0) is 49.1 Å². The molecular formula is C30H39Cl2FN4O3. The van der Waals surface area contributed by atoms with Gasteiger partial charge >= 0.3 is 0 Å². The van der Waals surface area contributed by atoms with E-state index < -0.39 is 17.6 Å². The monoisotopic (exact) mass is 592 g/mol. The van der Waals surface area contributed by atoms with Crippen molar-refractivity contribution in [3.05, 3.63) is 63.4 Å². The second-order valence-corrected chi connectivity index (χ2v) is 11.9. The van der Waals surface area contributed by atoms with E-state index in [9.17, 15) is 14.7 Å². The lowest BCUT2D eigenvalue weighted by atomic mass is 9.91. The predicted molar refractivity (Wildman–Crippen MR) is 157 cm³/mol. The normalized spacial score (nSPS) is 18.4. The summed E-state index contributed by atoms with van der Waals surface area (Å²) in [5.74, 6) is -0.408. The standard InChI is InChI=1S/C30H39Cl2FN4O3/c1-4-34-30(40,19-20(2)3)23-7-5-8-25(33)28(23)35-13-15-36(16-14-35)29(39)26(37-12-6-9-27(37)38)17-21-10-11-22(31)18-24(21)32/h5,7-8,10-11,18,20,26,34,40H,4,6,9,12-17,19H2,1-3H3. The minimum Gasteiger partial charge on any atom is -0.371 e. The van der Waals surface area contributed by atoms with Crippen LogP contribution in [-0.2, 0) is 21.7 Å². The van der Waals surface area contributed by atoms with E-state index in [0.29, 0.717) is 86.2 Å². The Bertz CT molecular complexity index is 1220. The zero-order chi connectivity index (χ0) is 29.0. The van der Waals surface area contributed by atoms with E-state index in [4.69, 9.17) is 23.2 Å². The lowest BCUT2D eigenvalue weighted by Gasteiger charge is -2.41. The van der Waals surface area contributed by atoms with Gasteiger partial charge in [-0.3, -0.25) is 14.9 Å². The molecule has 0 aromatic heterocycles. The van der Waals surface area contributed by atoms with Crippen molar-refractivity contribution < 1.29 is 19.1 Å². The molecule has 7 nitrogen and oxygen atoms in total. The van der Waals surface area contributed by atoms with Gasteiger partial charge in [0.1, 0.15) is 17.6 Å². The van der Waals surface area contributed by atoms with E-state index in [0.717, 1.165) is 5.56 Å². The molecule has 4 rings (SSSR count). The zero-order valence-electron chi connectivity index (χ0n) is 23.4. The van der Waals surface area contributed by atoms with Crippen LogP contribution >= 0.6 is 23.2 Å². The molecular weight excluding hydrogens is 554 g/mol. The number of rotatable bonds is 10. The number of amides is 2. The molecule has 2 aromatic carbocycles. The molecule has 2 N–H and O–H groups in total. The van der Waals surface area contributed by atoms with Gasteiger partial charge in [-0.1, -0.05) is 62.2 Å². The number of nitrogens with one attached hydrogen (secondary N) is 1. The maximum absolute atomic E-state index is 15.4. The van der Waals surface area contributed by atoms with Crippen LogP contribution in [0.1, 0.15) is 51.2 Å². The summed E-state index contributed by atoms with van der Waals surface area (Å²) < 4.78 is 15.4.